The molecule has 0 spiro atoms. The van der Waals surface area contributed by atoms with E-state index in [0.717, 1.165) is 73.6 Å². The Labute approximate surface area is 308 Å². The number of carbonyl (C=O) groups excluding carboxylic acids is 1. The van der Waals surface area contributed by atoms with Crippen LogP contribution in [0.15, 0.2) is 78.9 Å². The van der Waals surface area contributed by atoms with Crippen LogP contribution in [0.1, 0.15) is 97.5 Å². The number of amides is 1. The lowest BCUT2D eigenvalue weighted by molar-refractivity contribution is 0.0510. The van der Waals surface area contributed by atoms with Gasteiger partial charge in [0.25, 0.3) is 5.91 Å². The summed E-state index contributed by atoms with van der Waals surface area (Å²) in [6.07, 6.45) is 8.30. The zero-order chi connectivity index (χ0) is 34.9. The Morgan fingerprint density at radius 1 is 0.843 bits per heavy atom. The number of carboxylic acid groups (broad SMARTS) is 1. The van der Waals surface area contributed by atoms with Crippen molar-refractivity contribution in [2.75, 3.05) is 0 Å². The zero-order valence-electron chi connectivity index (χ0n) is 28.8. The first-order valence-electron chi connectivity index (χ1n) is 17.6. The number of aromatic carboxylic acids is 1. The summed E-state index contributed by atoms with van der Waals surface area (Å²) in [5.74, 6) is -0.686. The fourth-order valence-corrected chi connectivity index (χ4v) is 7.91. The molecule has 1 saturated carbocycles. The molecule has 2 atom stereocenters. The lowest BCUT2D eigenvalue weighted by Crippen LogP contribution is -2.47. The van der Waals surface area contributed by atoms with Crippen LogP contribution in [0.3, 0.4) is 0 Å². The van der Waals surface area contributed by atoms with E-state index in [4.69, 9.17) is 21.3 Å². The number of carboxylic acids is 1. The number of hydrogen-bond donors (Lipinski definition) is 1. The van der Waals surface area contributed by atoms with E-state index in [-0.39, 0.29) is 48.6 Å². The summed E-state index contributed by atoms with van der Waals surface area (Å²) in [7, 11) is 0. The lowest BCUT2D eigenvalue weighted by atomic mass is 9.94. The number of ether oxygens (including phenoxy) is 1. The maximum absolute atomic E-state index is 16.1. The van der Waals surface area contributed by atoms with Gasteiger partial charge < -0.3 is 19.3 Å². The number of fused-ring (bicyclic) bond motifs is 1. The van der Waals surface area contributed by atoms with Crippen LogP contribution in [0.4, 0.5) is 4.39 Å². The van der Waals surface area contributed by atoms with Crippen molar-refractivity contribution in [1.29, 1.82) is 0 Å². The number of rotatable bonds is 8. The van der Waals surface area contributed by atoms with Crippen LogP contribution in [0.2, 0.25) is 5.02 Å². The monoisotopic (exact) mass is 729 g/mol. The van der Waals surface area contributed by atoms with Gasteiger partial charge in [-0.25, -0.2) is 14.2 Å². The maximum atomic E-state index is 16.1. The molecule has 51 heavy (non-hydrogen) atoms. The zero-order valence-corrected chi connectivity index (χ0v) is 30.4. The minimum Gasteiger partial charge on any atom is -0.489 e. The summed E-state index contributed by atoms with van der Waals surface area (Å²) in [5.41, 5.74) is 5.03. The van der Waals surface area contributed by atoms with Crippen molar-refractivity contribution in [3.05, 3.63) is 106 Å². The second-order valence-corrected chi connectivity index (χ2v) is 14.2. The van der Waals surface area contributed by atoms with Gasteiger partial charge in [0.15, 0.2) is 0 Å². The van der Waals surface area contributed by atoms with Crippen LogP contribution in [0, 0.1) is 5.82 Å². The highest BCUT2D eigenvalue weighted by Gasteiger charge is 2.30. The van der Waals surface area contributed by atoms with Crippen LogP contribution in [0.25, 0.3) is 33.5 Å². The van der Waals surface area contributed by atoms with Crippen LogP contribution >= 0.6 is 24.0 Å². The lowest BCUT2D eigenvalue weighted by Gasteiger charge is -2.39. The summed E-state index contributed by atoms with van der Waals surface area (Å²) in [4.78, 5) is 32.3. The van der Waals surface area contributed by atoms with Gasteiger partial charge >= 0.3 is 5.97 Å². The number of carbonyl (C=O) groups is 2. The Morgan fingerprint density at radius 3 is 2.22 bits per heavy atom. The van der Waals surface area contributed by atoms with E-state index in [2.05, 4.69) is 18.4 Å². The average molecular weight is 731 g/mol. The molecule has 4 aromatic carbocycles. The highest BCUT2D eigenvalue weighted by atomic mass is 35.5. The first kappa shape index (κ1) is 36.4. The van der Waals surface area contributed by atoms with Crippen LogP contribution in [-0.2, 0) is 6.61 Å². The number of piperidine rings is 1. The molecule has 1 N–H and O–H groups in total. The molecule has 1 aromatic heterocycles. The molecule has 266 valence electrons. The fourth-order valence-electron chi connectivity index (χ4n) is 7.79. The van der Waals surface area contributed by atoms with E-state index in [1.165, 1.54) is 6.07 Å². The average Bonchev–Trinajstić information content (AvgIpc) is 3.50. The first-order chi connectivity index (χ1) is 24.2. The summed E-state index contributed by atoms with van der Waals surface area (Å²) in [6.45, 7) is 4.33. The van der Waals surface area contributed by atoms with Crippen LogP contribution in [0.5, 0.6) is 5.75 Å². The summed E-state index contributed by atoms with van der Waals surface area (Å²) in [6, 6.07) is 23.4. The molecule has 7 nitrogen and oxygen atoms in total. The minimum absolute atomic E-state index is 0. The molecule has 2 heterocycles. The third kappa shape index (κ3) is 7.49. The summed E-state index contributed by atoms with van der Waals surface area (Å²) >= 11 is 6.19. The SMILES string of the molecule is C[C@@H]1CCC[C@H](C)N1C(=O)c1ccc(-c2ccc(Cl)cc2)c(COc2ccc(-c3nc4cc(C(=O)O)ccc4n3C3CCCCC3)c(F)c2)c1.Cl. The minimum atomic E-state index is -1.03. The number of likely N-dealkylation sites (tertiary alicyclic amines) is 1. The van der Waals surface area contributed by atoms with E-state index in [0.29, 0.717) is 33.2 Å². The molecule has 10 heteroatoms. The van der Waals surface area contributed by atoms with Crippen LogP contribution < -0.4 is 4.74 Å². The molecule has 1 saturated heterocycles. The number of hydrogen-bond acceptors (Lipinski definition) is 4. The second kappa shape index (κ2) is 15.5. The topological polar surface area (TPSA) is 84.7 Å². The molecule has 1 aliphatic heterocycles. The molecule has 0 radical (unpaired) electrons. The van der Waals surface area contributed by atoms with Crippen molar-refractivity contribution in [1.82, 2.24) is 14.5 Å². The van der Waals surface area contributed by atoms with E-state index in [9.17, 15) is 14.7 Å². The summed E-state index contributed by atoms with van der Waals surface area (Å²) in [5, 5.41) is 10.2. The van der Waals surface area contributed by atoms with Crippen molar-refractivity contribution >= 4 is 46.9 Å². The smallest absolute Gasteiger partial charge is 0.335 e. The van der Waals surface area contributed by atoms with E-state index in [1.807, 2.05) is 47.4 Å². The molecule has 1 aliphatic carbocycles. The highest BCUT2D eigenvalue weighted by Crippen LogP contribution is 2.38. The Hall–Kier alpha value is -4.40. The first-order valence-corrected chi connectivity index (χ1v) is 17.9. The van der Waals surface area contributed by atoms with Gasteiger partial charge in [-0.3, -0.25) is 4.79 Å². The summed E-state index contributed by atoms with van der Waals surface area (Å²) < 4.78 is 24.4. The standard InChI is InChI=1S/C41H41ClFN3O4.ClH/c1-25-7-6-8-26(2)45(25)40(47)28-13-18-34(27-11-15-31(42)16-12-27)30(21-28)24-50-33-17-19-35(36(43)23-33)39-44-37-22-29(41(48)49)14-20-38(37)46(39)32-9-4-3-5-10-32;/h11-23,25-26,32H,3-10,24H2,1-2H3,(H,48,49);1H/t25-,26+;. The molecule has 0 unspecified atom stereocenters. The quantitative estimate of drug-likeness (QED) is 0.172. The van der Waals surface area contributed by atoms with Crippen molar-refractivity contribution < 1.29 is 23.8 Å². The van der Waals surface area contributed by atoms with Gasteiger partial charge in [0.05, 0.1) is 22.2 Å². The van der Waals surface area contributed by atoms with Crippen molar-refractivity contribution in [2.45, 2.75) is 89.9 Å². The molecular formula is C41H42Cl2FN3O4. The van der Waals surface area contributed by atoms with Gasteiger partial charge in [0.1, 0.15) is 24.0 Å². The molecule has 5 aromatic rings. The Kier molecular flexibility index (Phi) is 11.0. The number of halogens is 3. The van der Waals surface area contributed by atoms with Gasteiger partial charge in [-0.15, -0.1) is 12.4 Å². The Bertz CT molecular complexity index is 2050. The van der Waals surface area contributed by atoms with E-state index >= 15 is 4.39 Å². The van der Waals surface area contributed by atoms with Gasteiger partial charge in [-0.05, 0) is 117 Å². The number of imidazole rings is 1. The second-order valence-electron chi connectivity index (χ2n) is 13.8. The van der Waals surface area contributed by atoms with Gasteiger partial charge in [0.2, 0.25) is 0 Å². The molecule has 2 fully saturated rings. The molecule has 1 amide bonds. The van der Waals surface area contributed by atoms with Crippen molar-refractivity contribution in [2.24, 2.45) is 0 Å². The molecule has 0 bridgehead atoms. The number of nitrogens with zero attached hydrogens (tertiary/aromatic N) is 3. The Balaban J connectivity index is 0.00000448. The Morgan fingerprint density at radius 2 is 1.53 bits per heavy atom. The largest absolute Gasteiger partial charge is 0.489 e. The molecule has 2 aliphatic rings. The van der Waals surface area contributed by atoms with Crippen molar-refractivity contribution in [3.63, 3.8) is 0 Å². The third-order valence-electron chi connectivity index (χ3n) is 10.4. The molecular weight excluding hydrogens is 688 g/mol. The van der Waals surface area contributed by atoms with Gasteiger partial charge in [-0.1, -0.05) is 49.1 Å². The third-order valence-corrected chi connectivity index (χ3v) is 10.6. The number of aromatic nitrogens is 2. The normalized spacial score (nSPS) is 18.0. The predicted molar refractivity (Wildman–Crippen MR) is 202 cm³/mol. The van der Waals surface area contributed by atoms with Gasteiger partial charge in [-0.2, -0.15) is 0 Å². The van der Waals surface area contributed by atoms with E-state index < -0.39 is 11.8 Å². The highest BCUT2D eigenvalue weighted by molar-refractivity contribution is 6.30. The van der Waals surface area contributed by atoms with Crippen LogP contribution in [-0.4, -0.2) is 43.5 Å². The van der Waals surface area contributed by atoms with Gasteiger partial charge in [0, 0.05) is 34.8 Å². The number of benzene rings is 4. The fraction of sp³-hybridized carbons (Fsp3) is 0.341. The predicted octanol–water partition coefficient (Wildman–Crippen LogP) is 10.8. The maximum Gasteiger partial charge on any atom is 0.335 e. The molecule has 7 rings (SSSR count). The van der Waals surface area contributed by atoms with Crippen molar-refractivity contribution in [3.8, 4) is 28.3 Å². The van der Waals surface area contributed by atoms with E-state index in [1.54, 1.807) is 30.3 Å².